The third-order valence-electron chi connectivity index (χ3n) is 16.3. The third kappa shape index (κ3) is 27.4. The second-order valence-corrected chi connectivity index (χ2v) is 24.0. The molecular weight excluding hydrogens is 1140 g/mol. The number of esters is 6. The number of unbranched alkanes of at least 4 members (excludes halogenated alkanes) is 25. The molecule has 2 atom stereocenters. The molecule has 0 spiro atoms. The quantitative estimate of drug-likeness (QED) is 0.00775. The molecule has 4 aromatic carbocycles. The van der Waals surface area contributed by atoms with Gasteiger partial charge in [-0.15, -0.1) is 6.42 Å². The minimum absolute atomic E-state index is 0.0101. The van der Waals surface area contributed by atoms with Gasteiger partial charge in [-0.3, -0.25) is 24.0 Å². The van der Waals surface area contributed by atoms with Crippen LogP contribution in [0.1, 0.15) is 258 Å². The molecule has 6 rings (SSSR count). The average molecular weight is 1230 g/mol. The van der Waals surface area contributed by atoms with Crippen LogP contribution >= 0.6 is 0 Å². The Morgan fingerprint density at radius 1 is 0.344 bits per heavy atom. The fraction of sp³-hybridized carbons (Fsp3) is 0.579. The van der Waals surface area contributed by atoms with Crippen LogP contribution in [-0.2, 0) is 38.2 Å². The second kappa shape index (κ2) is 41.8. The maximum absolute atomic E-state index is 14.0. The number of terminal acetylenes is 1. The summed E-state index contributed by atoms with van der Waals surface area (Å²) in [5.41, 5.74) is 0. The predicted octanol–water partition coefficient (Wildman–Crippen LogP) is 17.5. The van der Waals surface area contributed by atoms with Crippen molar-refractivity contribution in [1.82, 2.24) is 0 Å². The Labute approximate surface area is 535 Å². The largest absolute Gasteiger partial charge is 0.422 e. The summed E-state index contributed by atoms with van der Waals surface area (Å²) in [5.74, 6) is 12.6. The lowest BCUT2D eigenvalue weighted by Gasteiger charge is -2.19. The van der Waals surface area contributed by atoms with Crippen molar-refractivity contribution in [3.05, 3.63) is 36.4 Å². The summed E-state index contributed by atoms with van der Waals surface area (Å²) >= 11 is 0. The second-order valence-electron chi connectivity index (χ2n) is 24.0. The molecule has 2 aliphatic heterocycles. The lowest BCUT2D eigenvalue weighted by molar-refractivity contribution is -0.137. The molecule has 14 nitrogen and oxygen atoms in total. The summed E-state index contributed by atoms with van der Waals surface area (Å²) in [6.45, 7) is 8.15. The van der Waals surface area contributed by atoms with Crippen LogP contribution in [0, 0.1) is 47.9 Å². The molecule has 484 valence electrons. The van der Waals surface area contributed by atoms with Crippen molar-refractivity contribution in [2.75, 3.05) is 13.2 Å². The first-order chi connectivity index (χ1) is 44.0. The van der Waals surface area contributed by atoms with Crippen molar-refractivity contribution in [2.45, 2.75) is 271 Å². The molecule has 0 bridgehead atoms. The molecule has 0 amide bonds. The van der Waals surface area contributed by atoms with Crippen LogP contribution in [0.5, 0.6) is 34.5 Å². The zero-order valence-corrected chi connectivity index (χ0v) is 54.0. The van der Waals surface area contributed by atoms with Crippen LogP contribution in [-0.4, -0.2) is 61.2 Å². The summed E-state index contributed by atoms with van der Waals surface area (Å²) in [7, 11) is 0. The molecule has 0 aromatic heterocycles. The Bertz CT molecular complexity index is 3150. The van der Waals surface area contributed by atoms with Gasteiger partial charge < -0.3 is 37.9 Å². The molecule has 2 saturated heterocycles. The molecule has 2 unspecified atom stereocenters. The summed E-state index contributed by atoms with van der Waals surface area (Å²) < 4.78 is 47.5. The van der Waals surface area contributed by atoms with E-state index in [-0.39, 0.29) is 66.6 Å². The standard InChI is InChI=1S/C76H96O14/c1-5-9-13-17-27-35-43-71(77)85-65-49-59-60(50-66(65)86-72(78)44-36-28-18-14-10-6-2)63-53-69(89-75(81)47-39-31-23-21-25-33-41-57-55-83-57)68(88-74(80)46-38-30-20-16-12-8-4)52-62(63)64-54-70(90-76(82)48-40-32-24-22-26-34-42-58-56-84-58)67(51-61(59)64)87-73(79)45-37-29-19-15-11-7-3/h1,49-54,57-58H,6-8,10-12,14-16,18-26,28-34,36-42,44-48,55-56H2,2-4H3. The Morgan fingerprint density at radius 2 is 0.578 bits per heavy atom. The number of epoxide rings is 2. The van der Waals surface area contributed by atoms with Crippen molar-refractivity contribution in [3.8, 4) is 82.4 Å². The summed E-state index contributed by atoms with van der Waals surface area (Å²) in [6.07, 6.45) is 37.0. The van der Waals surface area contributed by atoms with E-state index in [9.17, 15) is 28.8 Å². The predicted molar refractivity (Wildman–Crippen MR) is 352 cm³/mol. The Morgan fingerprint density at radius 3 is 0.844 bits per heavy atom. The van der Waals surface area contributed by atoms with Crippen LogP contribution < -0.4 is 28.4 Å². The Kier molecular flexibility index (Phi) is 33.3. The van der Waals surface area contributed by atoms with Crippen molar-refractivity contribution in [1.29, 1.82) is 0 Å². The number of hydrogen-bond donors (Lipinski definition) is 0. The molecule has 2 aliphatic rings. The number of carbonyl (C=O) groups excluding carboxylic acids is 6. The first-order valence-electron chi connectivity index (χ1n) is 34.0. The first-order valence-corrected chi connectivity index (χ1v) is 34.0. The van der Waals surface area contributed by atoms with Gasteiger partial charge in [0, 0.05) is 38.0 Å². The fourth-order valence-electron chi connectivity index (χ4n) is 11.0. The third-order valence-corrected chi connectivity index (χ3v) is 16.3. The molecule has 14 heteroatoms. The first kappa shape index (κ1) is 71.7. The van der Waals surface area contributed by atoms with Crippen molar-refractivity contribution in [2.24, 2.45) is 0 Å². The molecule has 90 heavy (non-hydrogen) atoms. The highest BCUT2D eigenvalue weighted by atomic mass is 16.6. The van der Waals surface area contributed by atoms with E-state index in [0.29, 0.717) is 76.6 Å². The molecule has 0 saturated carbocycles. The molecule has 2 fully saturated rings. The van der Waals surface area contributed by atoms with Gasteiger partial charge >= 0.3 is 35.8 Å². The van der Waals surface area contributed by atoms with Gasteiger partial charge in [0.15, 0.2) is 34.5 Å². The summed E-state index contributed by atoms with van der Waals surface area (Å²) in [5, 5.41) is 2.59. The SMILES string of the molecule is C#CC#CC#CC#CC(=O)Oc1cc2c(cc1OC(=O)CCCCCCCC)c1cc(OC(=O)CCCCCCCCC3CO3)c(OC(=O)CCCCCCCC)cc1c1cc(OC(=O)CCCCCCCCC3CO3)c(OC(=O)CCCCCCCC)cc21. The van der Waals surface area contributed by atoms with Gasteiger partial charge in [-0.1, -0.05) is 181 Å². The molecule has 4 aromatic rings. The van der Waals surface area contributed by atoms with E-state index in [4.69, 9.17) is 44.3 Å². The van der Waals surface area contributed by atoms with E-state index in [1.54, 1.807) is 30.3 Å². The number of benzene rings is 4. The molecule has 2 heterocycles. The van der Waals surface area contributed by atoms with Gasteiger partial charge in [-0.25, -0.2) is 4.79 Å². The van der Waals surface area contributed by atoms with Crippen LogP contribution in [0.2, 0.25) is 0 Å². The van der Waals surface area contributed by atoms with E-state index < -0.39 is 35.8 Å². The average Bonchev–Trinajstić information content (AvgIpc) is 0.873. The molecular formula is C76H96O14. The van der Waals surface area contributed by atoms with Crippen molar-refractivity contribution in [3.63, 3.8) is 0 Å². The highest BCUT2D eigenvalue weighted by molar-refractivity contribution is 6.27. The van der Waals surface area contributed by atoms with E-state index in [1.807, 2.05) is 0 Å². The van der Waals surface area contributed by atoms with Gasteiger partial charge in [0.05, 0.1) is 25.4 Å². The van der Waals surface area contributed by atoms with Crippen LogP contribution in [0.15, 0.2) is 36.4 Å². The minimum atomic E-state index is -1.03. The van der Waals surface area contributed by atoms with Crippen molar-refractivity contribution < 1.29 is 66.7 Å². The van der Waals surface area contributed by atoms with Gasteiger partial charge in [0.25, 0.3) is 0 Å². The highest BCUT2D eigenvalue weighted by Gasteiger charge is 2.26. The van der Waals surface area contributed by atoms with Crippen molar-refractivity contribution >= 4 is 68.1 Å². The highest BCUT2D eigenvalue weighted by Crippen LogP contribution is 2.48. The lowest BCUT2D eigenvalue weighted by Crippen LogP contribution is -2.13. The number of fused-ring (bicyclic) bond motifs is 6. The lowest BCUT2D eigenvalue weighted by atomic mass is 9.93. The number of hydrogen-bond acceptors (Lipinski definition) is 14. The smallest absolute Gasteiger partial charge is 0.390 e. The molecule has 0 radical (unpaired) electrons. The van der Waals surface area contributed by atoms with E-state index in [2.05, 4.69) is 62.2 Å². The van der Waals surface area contributed by atoms with E-state index in [1.165, 1.54) is 6.07 Å². The number of carbonyl (C=O) groups is 6. The number of ether oxygens (including phenoxy) is 8. The van der Waals surface area contributed by atoms with Crippen LogP contribution in [0.3, 0.4) is 0 Å². The van der Waals surface area contributed by atoms with E-state index >= 15 is 0 Å². The van der Waals surface area contributed by atoms with Gasteiger partial charge in [0.1, 0.15) is 0 Å². The number of rotatable bonds is 45. The Balaban J connectivity index is 1.48. The normalized spacial score (nSPS) is 13.6. The zero-order chi connectivity index (χ0) is 64.0. The van der Waals surface area contributed by atoms with E-state index in [0.717, 1.165) is 187 Å². The van der Waals surface area contributed by atoms with Gasteiger partial charge in [-0.05, 0) is 149 Å². The Hall–Kier alpha value is -7.36. The monoisotopic (exact) mass is 1230 g/mol. The van der Waals surface area contributed by atoms with Crippen LogP contribution in [0.4, 0.5) is 0 Å². The topological polar surface area (TPSA) is 183 Å². The van der Waals surface area contributed by atoms with Crippen LogP contribution in [0.25, 0.3) is 32.3 Å². The fourth-order valence-corrected chi connectivity index (χ4v) is 11.0. The summed E-state index contributed by atoms with van der Waals surface area (Å²) in [4.78, 5) is 83.2. The summed E-state index contributed by atoms with van der Waals surface area (Å²) in [6, 6.07) is 9.56. The minimum Gasteiger partial charge on any atom is -0.422 e. The molecule has 0 aliphatic carbocycles. The van der Waals surface area contributed by atoms with Gasteiger partial charge in [-0.2, -0.15) is 0 Å². The van der Waals surface area contributed by atoms with Gasteiger partial charge in [0.2, 0.25) is 0 Å². The molecule has 0 N–H and O–H groups in total. The maximum Gasteiger partial charge on any atom is 0.390 e. The zero-order valence-electron chi connectivity index (χ0n) is 54.0. The maximum atomic E-state index is 14.0.